The van der Waals surface area contributed by atoms with Crippen LogP contribution in [0, 0.1) is 11.8 Å². The number of hydrogen-bond acceptors (Lipinski definition) is 3. The van der Waals surface area contributed by atoms with Crippen molar-refractivity contribution in [2.24, 2.45) is 0 Å². The lowest BCUT2D eigenvalue weighted by Crippen LogP contribution is -2.13. The van der Waals surface area contributed by atoms with Gasteiger partial charge < -0.3 is 10.1 Å². The number of rotatable bonds is 3. The summed E-state index contributed by atoms with van der Waals surface area (Å²) < 4.78 is 30.8. The van der Waals surface area contributed by atoms with Crippen LogP contribution in [0.4, 0.5) is 14.6 Å². The van der Waals surface area contributed by atoms with Crippen LogP contribution in [-0.4, -0.2) is 18.0 Å². The third-order valence-electron chi connectivity index (χ3n) is 2.37. The van der Waals surface area contributed by atoms with E-state index in [2.05, 4.69) is 10.3 Å². The van der Waals surface area contributed by atoms with E-state index in [1.807, 2.05) is 0 Å². The van der Waals surface area contributed by atoms with Gasteiger partial charge in [0.15, 0.2) is 11.6 Å². The Labute approximate surface area is 108 Å². The maximum atomic E-state index is 13.2. The molecule has 1 N–H and O–H groups in total. The number of halogens is 2. The minimum atomic E-state index is -0.700. The van der Waals surface area contributed by atoms with Gasteiger partial charge in [0.2, 0.25) is 5.95 Å². The molecule has 0 atom stereocenters. The highest BCUT2D eigenvalue weighted by Crippen LogP contribution is 2.19. The van der Waals surface area contributed by atoms with Crippen LogP contribution < -0.4 is 10.1 Å². The van der Waals surface area contributed by atoms with E-state index < -0.39 is 17.7 Å². The number of carbonyl (C=O) groups excluding carboxylic acids is 1. The zero-order valence-corrected chi connectivity index (χ0v) is 9.98. The number of nitrogens with zero attached hydrogens (tertiary/aromatic N) is 1. The molecule has 0 saturated carbocycles. The first-order valence-electron chi connectivity index (χ1n) is 5.37. The third-order valence-corrected chi connectivity index (χ3v) is 2.37. The maximum absolute atomic E-state index is 13.2. The molecule has 0 radical (unpaired) electrons. The SMILES string of the molecule is COc1cc(C(=O)Nc2cccc(F)n2)ccc1F. The number of pyridine rings is 1. The molecule has 1 aromatic carbocycles. The molecule has 1 heterocycles. The van der Waals surface area contributed by atoms with Crippen LogP contribution in [0.15, 0.2) is 36.4 Å². The zero-order valence-electron chi connectivity index (χ0n) is 9.98. The molecular formula is C13H10F2N2O2. The monoisotopic (exact) mass is 264 g/mol. The Morgan fingerprint density at radius 2 is 2.05 bits per heavy atom. The molecule has 0 spiro atoms. The van der Waals surface area contributed by atoms with E-state index in [4.69, 9.17) is 4.74 Å². The van der Waals surface area contributed by atoms with Crippen molar-refractivity contribution in [3.8, 4) is 5.75 Å². The Morgan fingerprint density at radius 3 is 2.74 bits per heavy atom. The van der Waals surface area contributed by atoms with Crippen molar-refractivity contribution in [3.63, 3.8) is 0 Å². The number of hydrogen-bond donors (Lipinski definition) is 1. The Kier molecular flexibility index (Phi) is 3.70. The number of nitrogens with one attached hydrogen (secondary N) is 1. The fourth-order valence-corrected chi connectivity index (χ4v) is 1.47. The molecule has 6 heteroatoms. The van der Waals surface area contributed by atoms with Gasteiger partial charge in [0.1, 0.15) is 5.82 Å². The second-order valence-electron chi connectivity index (χ2n) is 3.65. The second-order valence-corrected chi connectivity index (χ2v) is 3.65. The van der Waals surface area contributed by atoms with E-state index in [9.17, 15) is 13.6 Å². The van der Waals surface area contributed by atoms with Gasteiger partial charge in [0, 0.05) is 5.56 Å². The molecule has 0 aliphatic carbocycles. The van der Waals surface area contributed by atoms with Crippen molar-refractivity contribution >= 4 is 11.7 Å². The van der Waals surface area contributed by atoms with Crippen LogP contribution in [0.3, 0.4) is 0 Å². The second kappa shape index (κ2) is 5.43. The fraction of sp³-hybridized carbons (Fsp3) is 0.0769. The van der Waals surface area contributed by atoms with Gasteiger partial charge >= 0.3 is 0 Å². The smallest absolute Gasteiger partial charge is 0.256 e. The highest BCUT2D eigenvalue weighted by Gasteiger charge is 2.11. The maximum Gasteiger partial charge on any atom is 0.256 e. The predicted octanol–water partition coefficient (Wildman–Crippen LogP) is 2.62. The van der Waals surface area contributed by atoms with Gasteiger partial charge in [0.05, 0.1) is 7.11 Å². The Morgan fingerprint density at radius 1 is 1.26 bits per heavy atom. The van der Waals surface area contributed by atoms with Crippen LogP contribution in [0.25, 0.3) is 0 Å². The summed E-state index contributed by atoms with van der Waals surface area (Å²) in [6.45, 7) is 0. The summed E-state index contributed by atoms with van der Waals surface area (Å²) in [7, 11) is 1.30. The van der Waals surface area contributed by atoms with E-state index in [1.165, 1.54) is 31.4 Å². The van der Waals surface area contributed by atoms with Crippen LogP contribution in [0.1, 0.15) is 10.4 Å². The number of carbonyl (C=O) groups is 1. The lowest BCUT2D eigenvalue weighted by molar-refractivity contribution is 0.102. The Balaban J connectivity index is 2.20. The summed E-state index contributed by atoms with van der Waals surface area (Å²) in [6, 6.07) is 7.70. The molecule has 1 amide bonds. The lowest BCUT2D eigenvalue weighted by atomic mass is 10.2. The number of methoxy groups -OCH3 is 1. The van der Waals surface area contributed by atoms with Crippen molar-refractivity contribution in [1.29, 1.82) is 0 Å². The summed E-state index contributed by atoms with van der Waals surface area (Å²) in [5.74, 6) is -1.76. The number of aromatic nitrogens is 1. The molecule has 0 aliphatic heterocycles. The van der Waals surface area contributed by atoms with Gasteiger partial charge in [-0.3, -0.25) is 4.79 Å². The molecule has 98 valence electrons. The van der Waals surface area contributed by atoms with Crippen LogP contribution in [0.2, 0.25) is 0 Å². The predicted molar refractivity (Wildman–Crippen MR) is 65.1 cm³/mol. The third kappa shape index (κ3) is 3.04. The summed E-state index contributed by atoms with van der Waals surface area (Å²) in [5.41, 5.74) is 0.185. The molecule has 4 nitrogen and oxygen atoms in total. The van der Waals surface area contributed by atoms with Crippen LogP contribution in [-0.2, 0) is 0 Å². The van der Waals surface area contributed by atoms with E-state index >= 15 is 0 Å². The van der Waals surface area contributed by atoms with Crippen LogP contribution >= 0.6 is 0 Å². The van der Waals surface area contributed by atoms with Gasteiger partial charge in [-0.1, -0.05) is 6.07 Å². The summed E-state index contributed by atoms with van der Waals surface area (Å²) in [5, 5.41) is 2.40. The largest absolute Gasteiger partial charge is 0.494 e. The molecular weight excluding hydrogens is 254 g/mol. The molecule has 2 aromatic rings. The van der Waals surface area contributed by atoms with Gasteiger partial charge in [0.25, 0.3) is 5.91 Å². The van der Waals surface area contributed by atoms with E-state index in [0.717, 1.165) is 12.1 Å². The lowest BCUT2D eigenvalue weighted by Gasteiger charge is -2.06. The standard InChI is InChI=1S/C13H10F2N2O2/c1-19-10-7-8(5-6-9(10)14)13(18)17-12-4-2-3-11(15)16-12/h2-7H,1H3,(H,16,17,18). The fourth-order valence-electron chi connectivity index (χ4n) is 1.47. The molecule has 0 saturated heterocycles. The van der Waals surface area contributed by atoms with Crippen molar-refractivity contribution in [2.45, 2.75) is 0 Å². The number of ether oxygens (including phenoxy) is 1. The quantitative estimate of drug-likeness (QED) is 0.867. The molecule has 0 fully saturated rings. The summed E-state index contributed by atoms with van der Waals surface area (Å²) in [6.07, 6.45) is 0. The average Bonchev–Trinajstić information content (AvgIpc) is 2.39. The van der Waals surface area contributed by atoms with E-state index in [-0.39, 0.29) is 17.1 Å². The van der Waals surface area contributed by atoms with Gasteiger partial charge in [-0.15, -0.1) is 0 Å². The summed E-state index contributed by atoms with van der Waals surface area (Å²) in [4.78, 5) is 15.3. The highest BCUT2D eigenvalue weighted by molar-refractivity contribution is 6.03. The Hall–Kier alpha value is -2.50. The summed E-state index contributed by atoms with van der Waals surface area (Å²) >= 11 is 0. The number of benzene rings is 1. The molecule has 0 aliphatic rings. The van der Waals surface area contributed by atoms with Gasteiger partial charge in [-0.05, 0) is 30.3 Å². The minimum absolute atomic E-state index is 0.0418. The number of amides is 1. The van der Waals surface area contributed by atoms with E-state index in [1.54, 1.807) is 0 Å². The van der Waals surface area contributed by atoms with Crippen molar-refractivity contribution in [2.75, 3.05) is 12.4 Å². The van der Waals surface area contributed by atoms with Gasteiger partial charge in [-0.25, -0.2) is 9.37 Å². The first kappa shape index (κ1) is 12.9. The topological polar surface area (TPSA) is 51.2 Å². The number of anilines is 1. The minimum Gasteiger partial charge on any atom is -0.494 e. The first-order valence-corrected chi connectivity index (χ1v) is 5.37. The molecule has 2 rings (SSSR count). The van der Waals surface area contributed by atoms with E-state index in [0.29, 0.717) is 0 Å². The van der Waals surface area contributed by atoms with Crippen LogP contribution in [0.5, 0.6) is 5.75 Å². The Bertz CT molecular complexity index is 617. The van der Waals surface area contributed by atoms with Crippen molar-refractivity contribution < 1.29 is 18.3 Å². The highest BCUT2D eigenvalue weighted by atomic mass is 19.1. The van der Waals surface area contributed by atoms with Gasteiger partial charge in [-0.2, -0.15) is 4.39 Å². The molecule has 1 aromatic heterocycles. The van der Waals surface area contributed by atoms with Crippen molar-refractivity contribution in [3.05, 3.63) is 53.7 Å². The normalized spacial score (nSPS) is 10.1. The molecule has 0 unspecified atom stereocenters. The molecule has 19 heavy (non-hydrogen) atoms. The first-order chi connectivity index (χ1) is 9.10. The average molecular weight is 264 g/mol. The van der Waals surface area contributed by atoms with Crippen molar-refractivity contribution in [1.82, 2.24) is 4.98 Å². The zero-order chi connectivity index (χ0) is 13.8. The molecule has 0 bridgehead atoms.